The molecule has 132 valence electrons. The summed E-state index contributed by atoms with van der Waals surface area (Å²) < 4.78 is 1.84. The van der Waals surface area contributed by atoms with Gasteiger partial charge in [-0.05, 0) is 30.9 Å². The van der Waals surface area contributed by atoms with E-state index in [1.165, 1.54) is 0 Å². The monoisotopic (exact) mass is 331 g/mol. The fraction of sp³-hybridized carbons (Fsp3) is 0.579. The van der Waals surface area contributed by atoms with Gasteiger partial charge in [0.1, 0.15) is 18.5 Å². The summed E-state index contributed by atoms with van der Waals surface area (Å²) in [7, 11) is 0. The lowest BCUT2D eigenvalue weighted by Crippen LogP contribution is -2.39. The number of amides is 1. The van der Waals surface area contributed by atoms with Crippen LogP contribution in [-0.2, 0) is 11.3 Å². The SMILES string of the molecule is CC(C)CN(CC(C)C)C(=O)Cn1c(C(C)O)nc2ccccc21. The van der Waals surface area contributed by atoms with E-state index in [9.17, 15) is 9.90 Å². The average Bonchev–Trinajstić information content (AvgIpc) is 2.85. The van der Waals surface area contributed by atoms with Crippen molar-refractivity contribution in [2.24, 2.45) is 11.8 Å². The molecule has 2 rings (SSSR count). The van der Waals surface area contributed by atoms with Crippen LogP contribution in [0.5, 0.6) is 0 Å². The molecule has 0 aliphatic carbocycles. The van der Waals surface area contributed by atoms with Crippen molar-refractivity contribution in [3.8, 4) is 0 Å². The second-order valence-corrected chi connectivity index (χ2v) is 7.31. The Balaban J connectivity index is 2.32. The predicted molar refractivity (Wildman–Crippen MR) is 96.6 cm³/mol. The fourth-order valence-electron chi connectivity index (χ4n) is 2.97. The van der Waals surface area contributed by atoms with E-state index >= 15 is 0 Å². The normalized spacial score (nSPS) is 13.0. The zero-order valence-electron chi connectivity index (χ0n) is 15.4. The highest BCUT2D eigenvalue weighted by molar-refractivity contribution is 5.81. The fourth-order valence-corrected chi connectivity index (χ4v) is 2.97. The third-order valence-electron chi connectivity index (χ3n) is 3.87. The Kier molecular flexibility index (Phi) is 5.99. The van der Waals surface area contributed by atoms with Crippen molar-refractivity contribution in [1.82, 2.24) is 14.5 Å². The Hall–Kier alpha value is -1.88. The van der Waals surface area contributed by atoms with Crippen LogP contribution in [0.15, 0.2) is 24.3 Å². The van der Waals surface area contributed by atoms with Gasteiger partial charge >= 0.3 is 0 Å². The Bertz CT molecular complexity index is 679. The number of fused-ring (bicyclic) bond motifs is 1. The molecule has 5 heteroatoms. The molecule has 0 aliphatic heterocycles. The summed E-state index contributed by atoms with van der Waals surface area (Å²) in [6.45, 7) is 11.9. The molecule has 0 spiro atoms. The van der Waals surface area contributed by atoms with Gasteiger partial charge < -0.3 is 14.6 Å². The maximum atomic E-state index is 12.9. The van der Waals surface area contributed by atoms with Crippen LogP contribution in [0.2, 0.25) is 0 Å². The number of carbonyl (C=O) groups excluding carboxylic acids is 1. The summed E-state index contributed by atoms with van der Waals surface area (Å²) in [6.07, 6.45) is -0.714. The van der Waals surface area contributed by atoms with E-state index in [0.29, 0.717) is 17.7 Å². The molecule has 2 aromatic rings. The number of hydrogen-bond donors (Lipinski definition) is 1. The van der Waals surface area contributed by atoms with Crippen molar-refractivity contribution in [3.63, 3.8) is 0 Å². The summed E-state index contributed by atoms with van der Waals surface area (Å²) in [5.41, 5.74) is 1.69. The summed E-state index contributed by atoms with van der Waals surface area (Å²) in [5, 5.41) is 10.0. The highest BCUT2D eigenvalue weighted by atomic mass is 16.3. The van der Waals surface area contributed by atoms with Gasteiger partial charge in [-0.3, -0.25) is 4.79 Å². The summed E-state index contributed by atoms with van der Waals surface area (Å²) in [6, 6.07) is 7.69. The maximum Gasteiger partial charge on any atom is 0.242 e. The van der Waals surface area contributed by atoms with E-state index < -0.39 is 6.10 Å². The number of imidazole rings is 1. The molecule has 1 aromatic carbocycles. The zero-order valence-corrected chi connectivity index (χ0v) is 15.4. The molecule has 24 heavy (non-hydrogen) atoms. The topological polar surface area (TPSA) is 58.4 Å². The molecule has 1 unspecified atom stereocenters. The van der Waals surface area contributed by atoms with Crippen LogP contribution in [0.25, 0.3) is 11.0 Å². The minimum atomic E-state index is -0.714. The second-order valence-electron chi connectivity index (χ2n) is 7.31. The number of para-hydroxylation sites is 2. The number of aromatic nitrogens is 2. The molecular formula is C19H29N3O2. The van der Waals surface area contributed by atoms with Gasteiger partial charge in [-0.25, -0.2) is 4.98 Å². The highest BCUT2D eigenvalue weighted by Gasteiger charge is 2.21. The Morgan fingerprint density at radius 1 is 1.12 bits per heavy atom. The van der Waals surface area contributed by atoms with E-state index in [0.717, 1.165) is 24.1 Å². The van der Waals surface area contributed by atoms with E-state index in [2.05, 4.69) is 32.7 Å². The van der Waals surface area contributed by atoms with E-state index in [1.54, 1.807) is 6.92 Å². The van der Waals surface area contributed by atoms with Crippen LogP contribution >= 0.6 is 0 Å². The molecule has 0 fully saturated rings. The molecule has 0 saturated carbocycles. The van der Waals surface area contributed by atoms with Gasteiger partial charge in [0, 0.05) is 13.1 Å². The molecule has 1 N–H and O–H groups in total. The van der Waals surface area contributed by atoms with Gasteiger partial charge in [0.05, 0.1) is 11.0 Å². The molecule has 1 aromatic heterocycles. The lowest BCUT2D eigenvalue weighted by Gasteiger charge is -2.27. The number of aliphatic hydroxyl groups is 1. The van der Waals surface area contributed by atoms with Crippen LogP contribution in [0, 0.1) is 11.8 Å². The first-order valence-electron chi connectivity index (χ1n) is 8.70. The maximum absolute atomic E-state index is 12.9. The summed E-state index contributed by atoms with van der Waals surface area (Å²) >= 11 is 0. The van der Waals surface area contributed by atoms with Crippen LogP contribution in [-0.4, -0.2) is 38.6 Å². The molecule has 0 aliphatic rings. The number of benzene rings is 1. The third-order valence-corrected chi connectivity index (χ3v) is 3.87. The van der Waals surface area contributed by atoms with Gasteiger partial charge in [0.2, 0.25) is 5.91 Å². The van der Waals surface area contributed by atoms with E-state index in [4.69, 9.17) is 0 Å². The lowest BCUT2D eigenvalue weighted by atomic mass is 10.1. The van der Waals surface area contributed by atoms with Crippen LogP contribution in [0.4, 0.5) is 0 Å². The molecule has 0 bridgehead atoms. The van der Waals surface area contributed by atoms with Crippen molar-refractivity contribution < 1.29 is 9.90 Å². The van der Waals surface area contributed by atoms with E-state index in [-0.39, 0.29) is 12.5 Å². The third kappa shape index (κ3) is 4.35. The predicted octanol–water partition coefficient (Wildman–Crippen LogP) is 3.23. The van der Waals surface area contributed by atoms with E-state index in [1.807, 2.05) is 33.7 Å². The first-order chi connectivity index (χ1) is 11.3. The molecule has 5 nitrogen and oxygen atoms in total. The number of hydrogen-bond acceptors (Lipinski definition) is 3. The van der Waals surface area contributed by atoms with Gasteiger partial charge in [-0.15, -0.1) is 0 Å². The van der Waals surface area contributed by atoms with Crippen molar-refractivity contribution in [3.05, 3.63) is 30.1 Å². The zero-order chi connectivity index (χ0) is 17.9. The van der Waals surface area contributed by atoms with Gasteiger partial charge in [-0.2, -0.15) is 0 Å². The minimum Gasteiger partial charge on any atom is -0.385 e. The standard InChI is InChI=1S/C19H29N3O2/c1-13(2)10-21(11-14(3)4)18(24)12-22-17-9-7-6-8-16(17)20-19(22)15(5)23/h6-9,13-15,23H,10-12H2,1-5H3. The van der Waals surface area contributed by atoms with Crippen LogP contribution in [0.1, 0.15) is 46.5 Å². The number of rotatable bonds is 7. The first-order valence-corrected chi connectivity index (χ1v) is 8.70. The molecular weight excluding hydrogens is 302 g/mol. The van der Waals surface area contributed by atoms with Gasteiger partial charge in [-0.1, -0.05) is 39.8 Å². The smallest absolute Gasteiger partial charge is 0.242 e. The molecule has 1 amide bonds. The number of carbonyl (C=O) groups is 1. The molecule has 0 saturated heterocycles. The largest absolute Gasteiger partial charge is 0.385 e. The Morgan fingerprint density at radius 2 is 1.71 bits per heavy atom. The van der Waals surface area contributed by atoms with Crippen LogP contribution in [0.3, 0.4) is 0 Å². The number of aliphatic hydroxyl groups excluding tert-OH is 1. The molecule has 1 heterocycles. The number of nitrogens with zero attached hydrogens (tertiary/aromatic N) is 3. The van der Waals surface area contributed by atoms with Crippen LogP contribution < -0.4 is 0 Å². The van der Waals surface area contributed by atoms with Crippen molar-refractivity contribution in [1.29, 1.82) is 0 Å². The molecule has 1 atom stereocenters. The Labute approximate surface area is 144 Å². The average molecular weight is 331 g/mol. The van der Waals surface area contributed by atoms with Crippen molar-refractivity contribution >= 4 is 16.9 Å². The van der Waals surface area contributed by atoms with Crippen molar-refractivity contribution in [2.45, 2.75) is 47.3 Å². The van der Waals surface area contributed by atoms with Crippen molar-refractivity contribution in [2.75, 3.05) is 13.1 Å². The molecule has 0 radical (unpaired) electrons. The second kappa shape index (κ2) is 7.79. The quantitative estimate of drug-likeness (QED) is 0.847. The summed E-state index contributed by atoms with van der Waals surface area (Å²) in [5.74, 6) is 1.45. The Morgan fingerprint density at radius 3 is 2.25 bits per heavy atom. The minimum absolute atomic E-state index is 0.0717. The lowest BCUT2D eigenvalue weighted by molar-refractivity contribution is -0.132. The summed E-state index contributed by atoms with van der Waals surface area (Å²) in [4.78, 5) is 19.3. The highest BCUT2D eigenvalue weighted by Crippen LogP contribution is 2.21. The first kappa shape index (κ1) is 18.5. The van der Waals surface area contributed by atoms with Gasteiger partial charge in [0.25, 0.3) is 0 Å². The van der Waals surface area contributed by atoms with Gasteiger partial charge in [0.15, 0.2) is 0 Å².